The molecule has 12 nitrogen and oxygen atoms in total. The number of nitrogens with one attached hydrogen (secondary N) is 1. The second kappa shape index (κ2) is 14.8. The van der Waals surface area contributed by atoms with E-state index in [2.05, 4.69) is 18.3 Å². The van der Waals surface area contributed by atoms with Crippen LogP contribution in [0.1, 0.15) is 60.3 Å². The van der Waals surface area contributed by atoms with Gasteiger partial charge in [0, 0.05) is 32.7 Å². The van der Waals surface area contributed by atoms with Crippen LogP contribution >= 0.6 is 0 Å². The number of amides is 2. The van der Waals surface area contributed by atoms with Crippen LogP contribution < -0.4 is 5.32 Å². The van der Waals surface area contributed by atoms with E-state index in [0.717, 1.165) is 12.0 Å². The fourth-order valence-electron chi connectivity index (χ4n) is 6.31. The topological polar surface area (TPSA) is 145 Å². The van der Waals surface area contributed by atoms with E-state index in [1.54, 1.807) is 14.0 Å². The van der Waals surface area contributed by atoms with Crippen molar-refractivity contribution in [1.82, 2.24) is 10.2 Å². The standard InChI is InChI=1S/C33H50N2O10/c1-20(9-12-27-29(37)33(19-42-33)18-32(5,41-7)45-27)8-11-26-21(2)16-25(23(4)44-26)34-28(36)13-10-22(3)43-31(39)35-15-14-24(17-35)30(38)40-6/h8-10,12-13,21-27,29,37H,11,14-19H2,1-7H3,(H,34,36)/b12-9+,13-10-,20-8+/t21-,22-,23+,24+,25?,26-,27?,29+,32-,33+/m0/s1. The lowest BCUT2D eigenvalue weighted by molar-refractivity contribution is -0.284. The number of allylic oxidation sites excluding steroid dienone is 2. The van der Waals surface area contributed by atoms with Crippen molar-refractivity contribution in [1.29, 1.82) is 0 Å². The number of carbonyl (C=O) groups excluding carboxylic acids is 3. The minimum Gasteiger partial charge on any atom is -0.469 e. The van der Waals surface area contributed by atoms with E-state index in [4.69, 9.17) is 28.4 Å². The maximum Gasteiger partial charge on any atom is 0.410 e. The molecule has 4 aliphatic rings. The number of likely N-dealkylation sites (tertiary alicyclic amines) is 1. The molecule has 2 amide bonds. The summed E-state index contributed by atoms with van der Waals surface area (Å²) >= 11 is 0. The summed E-state index contributed by atoms with van der Waals surface area (Å²) < 4.78 is 33.7. The molecule has 252 valence electrons. The Bertz CT molecular complexity index is 1170. The van der Waals surface area contributed by atoms with Gasteiger partial charge in [-0.1, -0.05) is 30.7 Å². The van der Waals surface area contributed by atoms with E-state index < -0.39 is 35.8 Å². The number of aliphatic hydroxyl groups is 1. The Morgan fingerprint density at radius 2 is 1.93 bits per heavy atom. The highest BCUT2D eigenvalue weighted by Crippen LogP contribution is 2.46. The van der Waals surface area contributed by atoms with Gasteiger partial charge in [0.2, 0.25) is 5.91 Å². The van der Waals surface area contributed by atoms with Crippen molar-refractivity contribution < 1.29 is 47.9 Å². The Labute approximate surface area is 266 Å². The highest BCUT2D eigenvalue weighted by atomic mass is 16.7. The van der Waals surface area contributed by atoms with Crippen molar-refractivity contribution in [3.8, 4) is 0 Å². The van der Waals surface area contributed by atoms with Crippen LogP contribution in [0.2, 0.25) is 0 Å². The molecule has 0 aliphatic carbocycles. The number of methoxy groups -OCH3 is 2. The molecule has 1 spiro atoms. The number of esters is 1. The highest BCUT2D eigenvalue weighted by Gasteiger charge is 2.61. The summed E-state index contributed by atoms with van der Waals surface area (Å²) in [5.41, 5.74) is 0.420. The average molecular weight is 635 g/mol. The first-order chi connectivity index (χ1) is 21.3. The predicted molar refractivity (Wildman–Crippen MR) is 164 cm³/mol. The van der Waals surface area contributed by atoms with E-state index in [0.29, 0.717) is 32.4 Å². The van der Waals surface area contributed by atoms with Crippen LogP contribution in [0.15, 0.2) is 36.0 Å². The van der Waals surface area contributed by atoms with Crippen LogP contribution in [-0.2, 0) is 38.0 Å². The van der Waals surface area contributed by atoms with E-state index in [1.807, 2.05) is 32.9 Å². The van der Waals surface area contributed by atoms with Gasteiger partial charge in [-0.25, -0.2) is 4.79 Å². The summed E-state index contributed by atoms with van der Waals surface area (Å²) in [6, 6.07) is -0.159. The second-order valence-electron chi connectivity index (χ2n) is 13.0. The third-order valence-electron chi connectivity index (χ3n) is 9.35. The maximum absolute atomic E-state index is 12.7. The van der Waals surface area contributed by atoms with Gasteiger partial charge in [-0.05, 0) is 59.0 Å². The molecular formula is C33H50N2O10. The van der Waals surface area contributed by atoms with E-state index in [9.17, 15) is 19.5 Å². The molecule has 4 aliphatic heterocycles. The van der Waals surface area contributed by atoms with Crippen LogP contribution in [0.4, 0.5) is 4.79 Å². The minimum atomic E-state index is -0.817. The van der Waals surface area contributed by atoms with Gasteiger partial charge in [-0.3, -0.25) is 9.59 Å². The lowest BCUT2D eigenvalue weighted by atomic mass is 9.87. The Kier molecular flexibility index (Phi) is 11.5. The molecular weight excluding hydrogens is 584 g/mol. The summed E-state index contributed by atoms with van der Waals surface area (Å²) in [5, 5.41) is 13.8. The first-order valence-electron chi connectivity index (χ1n) is 15.9. The monoisotopic (exact) mass is 634 g/mol. The molecule has 4 rings (SSSR count). The third-order valence-corrected chi connectivity index (χ3v) is 9.35. The van der Waals surface area contributed by atoms with Crippen molar-refractivity contribution in [3.63, 3.8) is 0 Å². The number of hydrogen-bond acceptors (Lipinski definition) is 10. The number of rotatable bonds is 10. The Hall–Kier alpha value is -2.77. The molecule has 4 saturated heterocycles. The summed E-state index contributed by atoms with van der Waals surface area (Å²) in [5.74, 6) is -1.57. The van der Waals surface area contributed by atoms with E-state index in [-0.39, 0.29) is 48.5 Å². The Morgan fingerprint density at radius 1 is 1.20 bits per heavy atom. The zero-order valence-corrected chi connectivity index (χ0v) is 27.5. The largest absolute Gasteiger partial charge is 0.469 e. The molecule has 0 aromatic rings. The average Bonchev–Trinajstić information content (AvgIpc) is 3.58. The van der Waals surface area contributed by atoms with Gasteiger partial charge < -0.3 is 43.7 Å². The van der Waals surface area contributed by atoms with Gasteiger partial charge in [0.1, 0.15) is 23.9 Å². The van der Waals surface area contributed by atoms with E-state index >= 15 is 0 Å². The predicted octanol–water partition coefficient (Wildman–Crippen LogP) is 3.03. The minimum absolute atomic E-state index is 0.00715. The van der Waals surface area contributed by atoms with Crippen molar-refractivity contribution in [2.45, 2.75) is 108 Å². The van der Waals surface area contributed by atoms with Gasteiger partial charge in [0.25, 0.3) is 0 Å². The normalized spacial score (nSPS) is 37.6. The summed E-state index contributed by atoms with van der Waals surface area (Å²) in [6.45, 7) is 10.8. The van der Waals surface area contributed by atoms with Crippen molar-refractivity contribution >= 4 is 18.0 Å². The molecule has 4 heterocycles. The lowest BCUT2D eigenvalue weighted by Crippen LogP contribution is -2.55. The SMILES string of the molecule is COC(=O)[C@@H]1CCN(C(=O)O[C@@H](C)/C=C\C(=O)NC2C[C@H](C)[C@H](C/C=C(C)/C=C/C3O[C@](C)(OC)C[C@@]4(CO4)[C@@H]3O)O[C@@H]2C)C1. The molecule has 2 unspecified atom stereocenters. The zero-order valence-electron chi connectivity index (χ0n) is 27.5. The number of ether oxygens (including phenoxy) is 6. The summed E-state index contributed by atoms with van der Waals surface area (Å²) in [6.07, 6.45) is 8.67. The van der Waals surface area contributed by atoms with Gasteiger partial charge in [-0.15, -0.1) is 0 Å². The molecule has 0 aromatic heterocycles. The fourth-order valence-corrected chi connectivity index (χ4v) is 6.31. The van der Waals surface area contributed by atoms with Gasteiger partial charge in [-0.2, -0.15) is 0 Å². The maximum atomic E-state index is 12.7. The quantitative estimate of drug-likeness (QED) is 0.159. The van der Waals surface area contributed by atoms with E-state index in [1.165, 1.54) is 24.2 Å². The Morgan fingerprint density at radius 3 is 2.60 bits per heavy atom. The summed E-state index contributed by atoms with van der Waals surface area (Å²) in [4.78, 5) is 38.3. The fraction of sp³-hybridized carbons (Fsp3) is 0.727. The van der Waals surface area contributed by atoms with Crippen LogP contribution in [0.5, 0.6) is 0 Å². The van der Waals surface area contributed by atoms with Crippen molar-refractivity contribution in [2.24, 2.45) is 11.8 Å². The molecule has 10 atom stereocenters. The Balaban J connectivity index is 1.20. The molecule has 0 radical (unpaired) electrons. The molecule has 0 bridgehead atoms. The number of hydrogen-bond donors (Lipinski definition) is 2. The van der Waals surface area contributed by atoms with Gasteiger partial charge in [0.05, 0.1) is 37.9 Å². The first kappa shape index (κ1) is 35.1. The molecule has 2 N–H and O–H groups in total. The number of aliphatic hydroxyl groups excluding tert-OH is 1. The van der Waals surface area contributed by atoms with Crippen LogP contribution in [0.25, 0.3) is 0 Å². The first-order valence-corrected chi connectivity index (χ1v) is 15.9. The second-order valence-corrected chi connectivity index (χ2v) is 13.0. The van der Waals surface area contributed by atoms with Crippen LogP contribution in [0.3, 0.4) is 0 Å². The number of epoxide rings is 1. The van der Waals surface area contributed by atoms with Crippen LogP contribution in [-0.4, -0.2) is 110 Å². The molecule has 0 saturated carbocycles. The van der Waals surface area contributed by atoms with Crippen LogP contribution in [0, 0.1) is 11.8 Å². The number of carbonyl (C=O) groups is 3. The van der Waals surface area contributed by atoms with Crippen molar-refractivity contribution in [2.75, 3.05) is 33.9 Å². The third kappa shape index (κ3) is 8.94. The smallest absolute Gasteiger partial charge is 0.410 e. The highest BCUT2D eigenvalue weighted by molar-refractivity contribution is 5.87. The number of nitrogens with zero attached hydrogens (tertiary/aromatic N) is 1. The van der Waals surface area contributed by atoms with Crippen molar-refractivity contribution in [3.05, 3.63) is 36.0 Å². The molecule has 0 aromatic carbocycles. The van der Waals surface area contributed by atoms with Gasteiger partial charge in [0.15, 0.2) is 5.79 Å². The molecule has 45 heavy (non-hydrogen) atoms. The van der Waals surface area contributed by atoms with Gasteiger partial charge >= 0.3 is 12.1 Å². The summed E-state index contributed by atoms with van der Waals surface area (Å²) in [7, 11) is 2.93. The molecule has 12 heteroatoms. The molecule has 4 fully saturated rings. The zero-order chi connectivity index (χ0) is 32.9. The lowest BCUT2D eigenvalue weighted by Gasteiger charge is -2.42.